The minimum Gasteiger partial charge on any atom is -0.419 e. The zero-order chi connectivity index (χ0) is 11.8. The van der Waals surface area contributed by atoms with Gasteiger partial charge in [0.2, 0.25) is 0 Å². The lowest BCUT2D eigenvalue weighted by Gasteiger charge is -2.10. The van der Waals surface area contributed by atoms with Crippen molar-refractivity contribution in [1.29, 1.82) is 0 Å². The van der Waals surface area contributed by atoms with E-state index >= 15 is 0 Å². The van der Waals surface area contributed by atoms with Gasteiger partial charge in [0.25, 0.3) is 0 Å². The van der Waals surface area contributed by atoms with E-state index in [1.54, 1.807) is 7.11 Å². The third kappa shape index (κ3) is 4.75. The molecule has 1 aromatic rings. The van der Waals surface area contributed by atoms with Crippen molar-refractivity contribution < 1.29 is 9.16 Å². The molecule has 3 heteroatoms. The predicted molar refractivity (Wildman–Crippen MR) is 71.2 cm³/mol. The molecule has 88 valence electrons. The van der Waals surface area contributed by atoms with Crippen molar-refractivity contribution in [2.24, 2.45) is 0 Å². The van der Waals surface area contributed by atoms with Crippen LogP contribution in [0.2, 0.25) is 5.54 Å². The Labute approximate surface area is 100 Å². The molecule has 0 radical (unpaired) electrons. The van der Waals surface area contributed by atoms with Crippen LogP contribution in [-0.2, 0) is 15.8 Å². The molecule has 1 unspecified atom stereocenters. The first kappa shape index (κ1) is 13.2. The van der Waals surface area contributed by atoms with Crippen LogP contribution in [-0.4, -0.2) is 23.5 Å². The Morgan fingerprint density at radius 1 is 1.38 bits per heavy atom. The first-order valence-corrected chi connectivity index (χ1v) is 6.93. The van der Waals surface area contributed by atoms with Gasteiger partial charge in [0, 0.05) is 13.7 Å². The number of ether oxygens (including phenoxy) is 1. The number of hydrogen-bond donors (Lipinski definition) is 0. The minimum absolute atomic E-state index is 0.479. The van der Waals surface area contributed by atoms with Gasteiger partial charge in [0.05, 0.1) is 6.61 Å². The van der Waals surface area contributed by atoms with Gasteiger partial charge in [-0.15, -0.1) is 0 Å². The van der Waals surface area contributed by atoms with Crippen LogP contribution in [0.25, 0.3) is 6.08 Å². The maximum Gasteiger partial charge on any atom is 0.167 e. The quantitative estimate of drug-likeness (QED) is 0.677. The number of hydrogen-bond acceptors (Lipinski definition) is 2. The SMILES string of the molecule is C=Cc1ccc(CO[SiH2]C(C)COC)cc1. The molecule has 1 atom stereocenters. The van der Waals surface area contributed by atoms with E-state index in [2.05, 4.69) is 37.8 Å². The summed E-state index contributed by atoms with van der Waals surface area (Å²) >= 11 is 0. The summed E-state index contributed by atoms with van der Waals surface area (Å²) in [6.07, 6.45) is 1.85. The van der Waals surface area contributed by atoms with Crippen molar-refractivity contribution in [1.82, 2.24) is 0 Å². The molecule has 1 aromatic carbocycles. The number of methoxy groups -OCH3 is 1. The first-order chi connectivity index (χ1) is 7.76. The maximum atomic E-state index is 5.74. The molecule has 0 N–H and O–H groups in total. The standard InChI is InChI=1S/C13H20O2Si/c1-4-12-5-7-13(8-6-12)10-15-16-11(2)9-14-3/h4-8,11H,1,9-10,16H2,2-3H3. The van der Waals surface area contributed by atoms with Gasteiger partial charge in [-0.3, -0.25) is 0 Å². The normalized spacial score (nSPS) is 13.1. The second-order valence-corrected chi connectivity index (χ2v) is 6.16. The highest BCUT2D eigenvalue weighted by molar-refractivity contribution is 6.29. The summed E-state index contributed by atoms with van der Waals surface area (Å²) in [7, 11) is 1.26. The summed E-state index contributed by atoms with van der Waals surface area (Å²) in [5.41, 5.74) is 2.95. The fourth-order valence-corrected chi connectivity index (χ4v) is 2.55. The van der Waals surface area contributed by atoms with E-state index in [4.69, 9.17) is 9.16 Å². The van der Waals surface area contributed by atoms with Crippen molar-refractivity contribution in [3.05, 3.63) is 42.0 Å². The fraction of sp³-hybridized carbons (Fsp3) is 0.385. The molecule has 0 spiro atoms. The second kappa shape index (κ2) is 7.38. The molecule has 0 aliphatic rings. The smallest absolute Gasteiger partial charge is 0.167 e. The molecule has 0 aliphatic heterocycles. The maximum absolute atomic E-state index is 5.74. The Morgan fingerprint density at radius 3 is 2.62 bits per heavy atom. The van der Waals surface area contributed by atoms with Gasteiger partial charge in [-0.05, 0) is 16.7 Å². The van der Waals surface area contributed by atoms with E-state index < -0.39 is 9.76 Å². The Balaban J connectivity index is 2.28. The van der Waals surface area contributed by atoms with Crippen molar-refractivity contribution in [2.45, 2.75) is 19.1 Å². The van der Waals surface area contributed by atoms with E-state index in [1.807, 2.05) is 6.08 Å². The van der Waals surface area contributed by atoms with Crippen LogP contribution < -0.4 is 0 Å². The lowest BCUT2D eigenvalue weighted by Crippen LogP contribution is -2.10. The Kier molecular flexibility index (Phi) is 6.07. The molecule has 0 aromatic heterocycles. The van der Waals surface area contributed by atoms with Gasteiger partial charge < -0.3 is 9.16 Å². The zero-order valence-corrected chi connectivity index (χ0v) is 11.5. The summed E-state index contributed by atoms with van der Waals surface area (Å²) in [4.78, 5) is 0. The van der Waals surface area contributed by atoms with Crippen LogP contribution in [0.1, 0.15) is 18.1 Å². The fourth-order valence-electron chi connectivity index (χ4n) is 1.46. The van der Waals surface area contributed by atoms with E-state index in [0.717, 1.165) is 18.8 Å². The van der Waals surface area contributed by atoms with Crippen molar-refractivity contribution in [3.63, 3.8) is 0 Å². The summed E-state index contributed by atoms with van der Waals surface area (Å²) in [5, 5.41) is 0. The highest BCUT2D eigenvalue weighted by atomic mass is 28.2. The molecule has 2 nitrogen and oxygen atoms in total. The molecule has 0 amide bonds. The Hall–Kier alpha value is -0.903. The van der Waals surface area contributed by atoms with Gasteiger partial charge in [-0.1, -0.05) is 43.8 Å². The molecule has 16 heavy (non-hydrogen) atoms. The third-order valence-electron chi connectivity index (χ3n) is 2.34. The first-order valence-electron chi connectivity index (χ1n) is 5.54. The highest BCUT2D eigenvalue weighted by Gasteiger charge is 2.02. The van der Waals surface area contributed by atoms with Crippen LogP contribution >= 0.6 is 0 Å². The average molecular weight is 236 g/mol. The van der Waals surface area contributed by atoms with Gasteiger partial charge in [-0.2, -0.15) is 0 Å². The summed E-state index contributed by atoms with van der Waals surface area (Å²) in [5.74, 6) is 0. The number of rotatable bonds is 7. The molecule has 0 saturated heterocycles. The lowest BCUT2D eigenvalue weighted by atomic mass is 10.1. The topological polar surface area (TPSA) is 18.5 Å². The van der Waals surface area contributed by atoms with E-state index in [9.17, 15) is 0 Å². The zero-order valence-electron chi connectivity index (χ0n) is 10.1. The molecule has 0 fully saturated rings. The highest BCUT2D eigenvalue weighted by Crippen LogP contribution is 2.08. The molecular weight excluding hydrogens is 216 g/mol. The van der Waals surface area contributed by atoms with Crippen molar-refractivity contribution in [3.8, 4) is 0 Å². The largest absolute Gasteiger partial charge is 0.419 e. The molecule has 0 saturated carbocycles. The molecule has 0 bridgehead atoms. The Morgan fingerprint density at radius 2 is 2.06 bits per heavy atom. The van der Waals surface area contributed by atoms with Crippen LogP contribution in [0.4, 0.5) is 0 Å². The summed E-state index contributed by atoms with van der Waals surface area (Å²) < 4.78 is 10.8. The Bertz CT molecular complexity index is 308. The van der Waals surface area contributed by atoms with Crippen molar-refractivity contribution >= 4 is 15.8 Å². The average Bonchev–Trinajstić information content (AvgIpc) is 2.30. The molecular formula is C13H20O2Si. The van der Waals surface area contributed by atoms with Crippen LogP contribution in [0.3, 0.4) is 0 Å². The van der Waals surface area contributed by atoms with Crippen molar-refractivity contribution in [2.75, 3.05) is 13.7 Å². The molecule has 0 aliphatic carbocycles. The van der Waals surface area contributed by atoms with E-state index in [0.29, 0.717) is 5.54 Å². The number of benzene rings is 1. The van der Waals surface area contributed by atoms with E-state index in [1.165, 1.54) is 5.56 Å². The summed E-state index contributed by atoms with van der Waals surface area (Å²) in [6, 6.07) is 8.30. The van der Waals surface area contributed by atoms with E-state index in [-0.39, 0.29) is 0 Å². The van der Waals surface area contributed by atoms with Crippen LogP contribution in [0.5, 0.6) is 0 Å². The minimum atomic E-state index is -0.479. The van der Waals surface area contributed by atoms with Crippen LogP contribution in [0.15, 0.2) is 30.8 Å². The third-order valence-corrected chi connectivity index (χ3v) is 3.58. The summed E-state index contributed by atoms with van der Waals surface area (Å²) in [6.45, 7) is 7.43. The van der Waals surface area contributed by atoms with Gasteiger partial charge in [0.1, 0.15) is 0 Å². The van der Waals surface area contributed by atoms with Gasteiger partial charge >= 0.3 is 0 Å². The van der Waals surface area contributed by atoms with Crippen LogP contribution in [0, 0.1) is 0 Å². The molecule has 1 rings (SSSR count). The lowest BCUT2D eigenvalue weighted by molar-refractivity contribution is 0.191. The predicted octanol–water partition coefficient (Wildman–Crippen LogP) is 2.38. The molecule has 0 heterocycles. The van der Waals surface area contributed by atoms with Gasteiger partial charge in [0.15, 0.2) is 9.76 Å². The monoisotopic (exact) mass is 236 g/mol. The van der Waals surface area contributed by atoms with Gasteiger partial charge in [-0.25, -0.2) is 0 Å². The second-order valence-electron chi connectivity index (χ2n) is 4.02.